The van der Waals surface area contributed by atoms with Crippen LogP contribution in [-0.4, -0.2) is 29.8 Å². The van der Waals surface area contributed by atoms with E-state index >= 15 is 0 Å². The molecular formula is C16H20F2N2O2. The molecule has 0 saturated carbocycles. The smallest absolute Gasteiger partial charge is 0.240 e. The standard InChI is InChI=1S/C16H20F2N2O2/c1-2-14(12-9-11(17)6-7-13(12)18)19-15(21)10-20-8-4-3-5-16(20)22/h6-7,9,14H,2-5,8,10H2,1H3,(H,19,21)/t14-/m1/s1. The third kappa shape index (κ3) is 4.02. The zero-order valence-electron chi connectivity index (χ0n) is 12.6. The van der Waals surface area contributed by atoms with E-state index in [1.54, 1.807) is 6.92 Å². The van der Waals surface area contributed by atoms with Crippen LogP contribution in [-0.2, 0) is 9.59 Å². The minimum atomic E-state index is -0.608. The monoisotopic (exact) mass is 310 g/mol. The largest absolute Gasteiger partial charge is 0.348 e. The summed E-state index contributed by atoms with van der Waals surface area (Å²) in [6, 6.07) is 2.58. The summed E-state index contributed by atoms with van der Waals surface area (Å²) in [5, 5.41) is 2.68. The summed E-state index contributed by atoms with van der Waals surface area (Å²) in [4.78, 5) is 25.3. The maximum Gasteiger partial charge on any atom is 0.240 e. The summed E-state index contributed by atoms with van der Waals surface area (Å²) in [6.07, 6.45) is 2.63. The first-order valence-corrected chi connectivity index (χ1v) is 7.53. The second-order valence-electron chi connectivity index (χ2n) is 5.47. The number of hydrogen-bond donors (Lipinski definition) is 1. The molecule has 0 aromatic heterocycles. The summed E-state index contributed by atoms with van der Waals surface area (Å²) >= 11 is 0. The molecule has 22 heavy (non-hydrogen) atoms. The Morgan fingerprint density at radius 1 is 1.36 bits per heavy atom. The highest BCUT2D eigenvalue weighted by Crippen LogP contribution is 2.21. The van der Waals surface area contributed by atoms with Crippen LogP contribution in [0.1, 0.15) is 44.2 Å². The number of hydrogen-bond acceptors (Lipinski definition) is 2. The van der Waals surface area contributed by atoms with Gasteiger partial charge in [0.2, 0.25) is 11.8 Å². The van der Waals surface area contributed by atoms with Gasteiger partial charge in [0.05, 0.1) is 12.6 Å². The van der Waals surface area contributed by atoms with Gasteiger partial charge >= 0.3 is 0 Å². The van der Waals surface area contributed by atoms with Gasteiger partial charge in [0.1, 0.15) is 11.6 Å². The first-order chi connectivity index (χ1) is 10.5. The Labute approximate surface area is 128 Å². The molecule has 1 aliphatic rings. The lowest BCUT2D eigenvalue weighted by molar-refractivity contribution is -0.138. The van der Waals surface area contributed by atoms with Crippen molar-refractivity contribution in [2.24, 2.45) is 0 Å². The van der Waals surface area contributed by atoms with Crippen molar-refractivity contribution in [1.29, 1.82) is 0 Å². The molecule has 1 fully saturated rings. The van der Waals surface area contributed by atoms with Crippen LogP contribution in [0.3, 0.4) is 0 Å². The van der Waals surface area contributed by atoms with Crippen molar-refractivity contribution in [2.45, 2.75) is 38.6 Å². The van der Waals surface area contributed by atoms with Gasteiger partial charge in [0, 0.05) is 18.5 Å². The molecule has 0 unspecified atom stereocenters. The van der Waals surface area contributed by atoms with Gasteiger partial charge in [-0.2, -0.15) is 0 Å². The lowest BCUT2D eigenvalue weighted by Crippen LogP contribution is -2.43. The molecule has 0 bridgehead atoms. The number of nitrogens with one attached hydrogen (secondary N) is 1. The average molecular weight is 310 g/mol. The molecule has 4 nitrogen and oxygen atoms in total. The average Bonchev–Trinajstić information content (AvgIpc) is 2.50. The molecule has 0 spiro atoms. The number of carbonyl (C=O) groups is 2. The third-order valence-electron chi connectivity index (χ3n) is 3.83. The summed E-state index contributed by atoms with van der Waals surface area (Å²) < 4.78 is 27.1. The second-order valence-corrected chi connectivity index (χ2v) is 5.47. The normalized spacial score (nSPS) is 16.5. The Hall–Kier alpha value is -1.98. The predicted molar refractivity (Wildman–Crippen MR) is 78.0 cm³/mol. The zero-order chi connectivity index (χ0) is 16.1. The summed E-state index contributed by atoms with van der Waals surface area (Å²) in [7, 11) is 0. The first kappa shape index (κ1) is 16.4. The molecule has 2 amide bonds. The molecule has 1 atom stereocenters. The number of nitrogens with zero attached hydrogens (tertiary/aromatic N) is 1. The van der Waals surface area contributed by atoms with Crippen molar-refractivity contribution >= 4 is 11.8 Å². The van der Waals surface area contributed by atoms with Gasteiger partial charge in [-0.3, -0.25) is 9.59 Å². The molecule has 1 heterocycles. The number of halogens is 2. The van der Waals surface area contributed by atoms with E-state index in [4.69, 9.17) is 0 Å². The van der Waals surface area contributed by atoms with Gasteiger partial charge in [0.25, 0.3) is 0 Å². The van der Waals surface area contributed by atoms with E-state index in [1.165, 1.54) is 4.90 Å². The van der Waals surface area contributed by atoms with Gasteiger partial charge in [-0.25, -0.2) is 8.78 Å². The molecule has 2 rings (SSSR count). The quantitative estimate of drug-likeness (QED) is 0.908. The molecule has 120 valence electrons. The van der Waals surface area contributed by atoms with Crippen LogP contribution in [0.5, 0.6) is 0 Å². The number of carbonyl (C=O) groups excluding carboxylic acids is 2. The van der Waals surface area contributed by atoms with Crippen LogP contribution < -0.4 is 5.32 Å². The summed E-state index contributed by atoms with van der Waals surface area (Å²) in [5.74, 6) is -1.49. The van der Waals surface area contributed by atoms with Crippen LogP contribution in [0, 0.1) is 11.6 Å². The molecule has 0 aliphatic carbocycles. The highest BCUT2D eigenvalue weighted by atomic mass is 19.1. The van der Waals surface area contributed by atoms with Gasteiger partial charge in [-0.15, -0.1) is 0 Å². The van der Waals surface area contributed by atoms with Crippen LogP contribution >= 0.6 is 0 Å². The fourth-order valence-electron chi connectivity index (χ4n) is 2.62. The molecule has 1 aliphatic heterocycles. The van der Waals surface area contributed by atoms with Crippen molar-refractivity contribution < 1.29 is 18.4 Å². The molecule has 1 N–H and O–H groups in total. The van der Waals surface area contributed by atoms with Gasteiger partial charge < -0.3 is 10.2 Å². The molecule has 1 aromatic rings. The van der Waals surface area contributed by atoms with Gasteiger partial charge in [0.15, 0.2) is 0 Å². The minimum Gasteiger partial charge on any atom is -0.348 e. The second kappa shape index (κ2) is 7.33. The predicted octanol–water partition coefficient (Wildman–Crippen LogP) is 2.54. The SMILES string of the molecule is CC[C@@H](NC(=O)CN1CCCCC1=O)c1cc(F)ccc1F. The molecule has 1 aromatic carbocycles. The van der Waals surface area contributed by atoms with E-state index in [1.807, 2.05) is 0 Å². The fraction of sp³-hybridized carbons (Fsp3) is 0.500. The first-order valence-electron chi connectivity index (χ1n) is 7.53. The fourth-order valence-corrected chi connectivity index (χ4v) is 2.62. The van der Waals surface area contributed by atoms with E-state index in [0.29, 0.717) is 19.4 Å². The van der Waals surface area contributed by atoms with E-state index in [-0.39, 0.29) is 23.9 Å². The van der Waals surface area contributed by atoms with E-state index in [2.05, 4.69) is 5.32 Å². The Kier molecular flexibility index (Phi) is 5.46. The molecule has 6 heteroatoms. The van der Waals surface area contributed by atoms with Crippen molar-refractivity contribution in [1.82, 2.24) is 10.2 Å². The highest BCUT2D eigenvalue weighted by molar-refractivity contribution is 5.85. The zero-order valence-corrected chi connectivity index (χ0v) is 12.6. The molecule has 1 saturated heterocycles. The Morgan fingerprint density at radius 2 is 2.14 bits per heavy atom. The number of rotatable bonds is 5. The highest BCUT2D eigenvalue weighted by Gasteiger charge is 2.23. The lowest BCUT2D eigenvalue weighted by atomic mass is 10.0. The van der Waals surface area contributed by atoms with Crippen LogP contribution in [0.4, 0.5) is 8.78 Å². The molecule has 0 radical (unpaired) electrons. The van der Waals surface area contributed by atoms with Crippen LogP contribution in [0.2, 0.25) is 0 Å². The van der Waals surface area contributed by atoms with Crippen LogP contribution in [0.15, 0.2) is 18.2 Å². The van der Waals surface area contributed by atoms with Crippen LogP contribution in [0.25, 0.3) is 0 Å². The van der Waals surface area contributed by atoms with E-state index in [9.17, 15) is 18.4 Å². The Morgan fingerprint density at radius 3 is 2.82 bits per heavy atom. The summed E-state index contributed by atoms with van der Waals surface area (Å²) in [5.41, 5.74) is 0.126. The maximum absolute atomic E-state index is 13.8. The van der Waals surface area contributed by atoms with Crippen molar-refractivity contribution in [3.05, 3.63) is 35.4 Å². The molecular weight excluding hydrogens is 290 g/mol. The number of amides is 2. The Bertz CT molecular complexity index is 563. The number of likely N-dealkylation sites (tertiary alicyclic amines) is 1. The van der Waals surface area contributed by atoms with Gasteiger partial charge in [-0.05, 0) is 37.5 Å². The number of piperidine rings is 1. The Balaban J connectivity index is 2.01. The minimum absolute atomic E-state index is 0.0354. The van der Waals surface area contributed by atoms with E-state index < -0.39 is 17.7 Å². The van der Waals surface area contributed by atoms with Crippen molar-refractivity contribution in [3.8, 4) is 0 Å². The van der Waals surface area contributed by atoms with E-state index in [0.717, 1.165) is 31.0 Å². The number of benzene rings is 1. The lowest BCUT2D eigenvalue weighted by Gasteiger charge is -2.27. The van der Waals surface area contributed by atoms with Crippen molar-refractivity contribution in [3.63, 3.8) is 0 Å². The maximum atomic E-state index is 13.8. The summed E-state index contributed by atoms with van der Waals surface area (Å²) in [6.45, 7) is 2.31. The van der Waals surface area contributed by atoms with Crippen molar-refractivity contribution in [2.75, 3.05) is 13.1 Å². The topological polar surface area (TPSA) is 49.4 Å². The third-order valence-corrected chi connectivity index (χ3v) is 3.83. The van der Waals surface area contributed by atoms with Gasteiger partial charge in [-0.1, -0.05) is 6.92 Å².